The second-order valence-corrected chi connectivity index (χ2v) is 2.75. The molecule has 0 aromatic heterocycles. The average molecular weight is 165 g/mol. The topological polar surface area (TPSA) is 26.0 Å². The molecule has 2 N–H and O–H groups in total. The molecular weight excluding hydrogens is 153 g/mol. The Morgan fingerprint density at radius 2 is 2.00 bits per heavy atom. The molecule has 2 heteroatoms. The molecule has 0 amide bonds. The Balaban J connectivity index is 2.84. The molecule has 0 spiro atoms. The summed E-state index contributed by atoms with van der Waals surface area (Å²) in [5.41, 5.74) is 7.48. The minimum atomic E-state index is -0.211. The number of hydrogen-bond acceptors (Lipinski definition) is 1. The molecular formula is C10H12FN. The smallest absolute Gasteiger partial charge is 0.123 e. The maximum atomic E-state index is 12.5. The molecule has 64 valence electrons. The fourth-order valence-electron chi connectivity index (χ4n) is 0.902. The first-order valence-corrected chi connectivity index (χ1v) is 3.85. The third kappa shape index (κ3) is 2.47. The zero-order valence-corrected chi connectivity index (χ0v) is 7.05. The second-order valence-electron chi connectivity index (χ2n) is 2.75. The zero-order chi connectivity index (χ0) is 8.97. The molecule has 0 saturated heterocycles. The Hall–Kier alpha value is -1.15. The van der Waals surface area contributed by atoms with Crippen LogP contribution in [0.4, 0.5) is 4.39 Å². The van der Waals surface area contributed by atoms with E-state index < -0.39 is 0 Å². The van der Waals surface area contributed by atoms with Crippen LogP contribution in [0.2, 0.25) is 0 Å². The zero-order valence-electron chi connectivity index (χ0n) is 7.05. The van der Waals surface area contributed by atoms with Crippen molar-refractivity contribution in [1.29, 1.82) is 0 Å². The highest BCUT2D eigenvalue weighted by Gasteiger charge is 1.90. The SMILES string of the molecule is CC(=Cc1ccc(F)cc1)CN. The van der Waals surface area contributed by atoms with Gasteiger partial charge in [-0.2, -0.15) is 0 Å². The van der Waals surface area contributed by atoms with E-state index in [-0.39, 0.29) is 5.82 Å². The van der Waals surface area contributed by atoms with Gasteiger partial charge < -0.3 is 5.73 Å². The summed E-state index contributed by atoms with van der Waals surface area (Å²) >= 11 is 0. The predicted octanol–water partition coefficient (Wildman–Crippen LogP) is 2.19. The molecule has 0 fully saturated rings. The van der Waals surface area contributed by atoms with Gasteiger partial charge in [-0.1, -0.05) is 23.8 Å². The first kappa shape index (κ1) is 8.94. The number of rotatable bonds is 2. The van der Waals surface area contributed by atoms with E-state index in [4.69, 9.17) is 5.73 Å². The van der Waals surface area contributed by atoms with Crippen molar-refractivity contribution in [1.82, 2.24) is 0 Å². The van der Waals surface area contributed by atoms with Crippen LogP contribution in [0.3, 0.4) is 0 Å². The third-order valence-corrected chi connectivity index (χ3v) is 1.61. The molecule has 1 aromatic rings. The predicted molar refractivity (Wildman–Crippen MR) is 49.1 cm³/mol. The fourth-order valence-corrected chi connectivity index (χ4v) is 0.902. The molecule has 0 bridgehead atoms. The standard InChI is InChI=1S/C10H12FN/c1-8(7-12)6-9-2-4-10(11)5-3-9/h2-6H,7,12H2,1H3. The molecule has 0 heterocycles. The van der Waals surface area contributed by atoms with Crippen LogP contribution in [-0.2, 0) is 0 Å². The Labute approximate surface area is 71.7 Å². The molecule has 1 rings (SSSR count). The van der Waals surface area contributed by atoms with Crippen molar-refractivity contribution < 1.29 is 4.39 Å². The van der Waals surface area contributed by atoms with Gasteiger partial charge in [0.2, 0.25) is 0 Å². The lowest BCUT2D eigenvalue weighted by Crippen LogP contribution is -1.99. The van der Waals surface area contributed by atoms with Crippen LogP contribution in [-0.4, -0.2) is 6.54 Å². The Morgan fingerprint density at radius 3 is 2.50 bits per heavy atom. The van der Waals surface area contributed by atoms with Gasteiger partial charge in [-0.3, -0.25) is 0 Å². The molecule has 1 nitrogen and oxygen atoms in total. The van der Waals surface area contributed by atoms with Gasteiger partial charge in [0, 0.05) is 6.54 Å². The van der Waals surface area contributed by atoms with E-state index in [1.807, 2.05) is 13.0 Å². The van der Waals surface area contributed by atoms with Gasteiger partial charge in [0.15, 0.2) is 0 Å². The quantitative estimate of drug-likeness (QED) is 0.714. The molecule has 12 heavy (non-hydrogen) atoms. The average Bonchev–Trinajstić information content (AvgIpc) is 2.09. The van der Waals surface area contributed by atoms with Crippen molar-refractivity contribution in [2.75, 3.05) is 6.54 Å². The highest BCUT2D eigenvalue weighted by atomic mass is 19.1. The van der Waals surface area contributed by atoms with Crippen molar-refractivity contribution >= 4 is 6.08 Å². The van der Waals surface area contributed by atoms with Crippen molar-refractivity contribution in [3.8, 4) is 0 Å². The van der Waals surface area contributed by atoms with Crippen LogP contribution in [0.1, 0.15) is 12.5 Å². The number of benzene rings is 1. The Kier molecular flexibility index (Phi) is 3.00. The maximum absolute atomic E-state index is 12.5. The molecule has 0 unspecified atom stereocenters. The molecule has 0 atom stereocenters. The first-order valence-electron chi connectivity index (χ1n) is 3.85. The van der Waals surface area contributed by atoms with E-state index >= 15 is 0 Å². The van der Waals surface area contributed by atoms with Crippen molar-refractivity contribution in [2.24, 2.45) is 5.73 Å². The molecule has 0 aliphatic rings. The summed E-state index contributed by atoms with van der Waals surface area (Å²) < 4.78 is 12.5. The number of nitrogens with two attached hydrogens (primary N) is 1. The highest BCUT2D eigenvalue weighted by molar-refractivity contribution is 5.52. The first-order chi connectivity index (χ1) is 5.72. The lowest BCUT2D eigenvalue weighted by Gasteiger charge is -1.96. The van der Waals surface area contributed by atoms with Crippen molar-refractivity contribution in [3.05, 3.63) is 41.2 Å². The lowest BCUT2D eigenvalue weighted by atomic mass is 10.1. The van der Waals surface area contributed by atoms with Gasteiger partial charge >= 0.3 is 0 Å². The van der Waals surface area contributed by atoms with Crippen molar-refractivity contribution in [3.63, 3.8) is 0 Å². The highest BCUT2D eigenvalue weighted by Crippen LogP contribution is 2.06. The molecule has 0 aliphatic carbocycles. The third-order valence-electron chi connectivity index (χ3n) is 1.61. The Bertz CT molecular complexity index is 274. The van der Waals surface area contributed by atoms with Gasteiger partial charge in [-0.15, -0.1) is 0 Å². The monoisotopic (exact) mass is 165 g/mol. The van der Waals surface area contributed by atoms with Gasteiger partial charge in [-0.25, -0.2) is 4.39 Å². The van der Waals surface area contributed by atoms with E-state index in [1.165, 1.54) is 12.1 Å². The summed E-state index contributed by atoms with van der Waals surface area (Å²) in [6.45, 7) is 2.49. The summed E-state index contributed by atoms with van der Waals surface area (Å²) in [5.74, 6) is -0.211. The van der Waals surface area contributed by atoms with Crippen LogP contribution in [0.25, 0.3) is 6.08 Å². The van der Waals surface area contributed by atoms with Gasteiger partial charge in [0.05, 0.1) is 0 Å². The summed E-state index contributed by atoms with van der Waals surface area (Å²) in [4.78, 5) is 0. The molecule has 1 aromatic carbocycles. The van der Waals surface area contributed by atoms with Crippen LogP contribution < -0.4 is 5.73 Å². The fraction of sp³-hybridized carbons (Fsp3) is 0.200. The minimum absolute atomic E-state index is 0.211. The number of halogens is 1. The van der Waals surface area contributed by atoms with E-state index in [0.717, 1.165) is 11.1 Å². The summed E-state index contributed by atoms with van der Waals surface area (Å²) in [6, 6.07) is 6.34. The van der Waals surface area contributed by atoms with Gasteiger partial charge in [0.1, 0.15) is 5.82 Å². The normalized spacial score (nSPS) is 11.8. The van der Waals surface area contributed by atoms with Crippen LogP contribution in [0, 0.1) is 5.82 Å². The molecule has 0 radical (unpaired) electrons. The number of hydrogen-bond donors (Lipinski definition) is 1. The summed E-state index contributed by atoms with van der Waals surface area (Å²) in [6.07, 6.45) is 1.94. The van der Waals surface area contributed by atoms with Crippen molar-refractivity contribution in [2.45, 2.75) is 6.92 Å². The maximum Gasteiger partial charge on any atom is 0.123 e. The minimum Gasteiger partial charge on any atom is -0.327 e. The van der Waals surface area contributed by atoms with Gasteiger partial charge in [0.25, 0.3) is 0 Å². The van der Waals surface area contributed by atoms with E-state index in [1.54, 1.807) is 12.1 Å². The van der Waals surface area contributed by atoms with Crippen LogP contribution in [0.5, 0.6) is 0 Å². The van der Waals surface area contributed by atoms with E-state index in [9.17, 15) is 4.39 Å². The lowest BCUT2D eigenvalue weighted by molar-refractivity contribution is 0.628. The second kappa shape index (κ2) is 4.02. The summed E-state index contributed by atoms with van der Waals surface area (Å²) in [7, 11) is 0. The summed E-state index contributed by atoms with van der Waals surface area (Å²) in [5, 5.41) is 0. The van der Waals surface area contributed by atoms with E-state index in [0.29, 0.717) is 6.54 Å². The molecule has 0 aliphatic heterocycles. The van der Waals surface area contributed by atoms with Crippen LogP contribution >= 0.6 is 0 Å². The Morgan fingerprint density at radius 1 is 1.42 bits per heavy atom. The van der Waals surface area contributed by atoms with Crippen LogP contribution in [0.15, 0.2) is 29.8 Å². The van der Waals surface area contributed by atoms with Gasteiger partial charge in [-0.05, 0) is 24.6 Å². The molecule has 0 saturated carbocycles. The largest absolute Gasteiger partial charge is 0.327 e. The van der Waals surface area contributed by atoms with E-state index in [2.05, 4.69) is 0 Å².